The van der Waals surface area contributed by atoms with Gasteiger partial charge in [-0.15, -0.1) is 0 Å². The SMILES string of the molecule is CC(C)C1CCCCC1Nc1cncc(N)n1. The molecule has 94 valence electrons. The van der Waals surface area contributed by atoms with Crippen LogP contribution in [0.2, 0.25) is 0 Å². The fraction of sp³-hybridized carbons (Fsp3) is 0.692. The Morgan fingerprint density at radius 2 is 2.06 bits per heavy atom. The van der Waals surface area contributed by atoms with Gasteiger partial charge in [-0.05, 0) is 24.7 Å². The van der Waals surface area contributed by atoms with Crippen LogP contribution in [-0.2, 0) is 0 Å². The molecule has 1 heterocycles. The number of nitrogens with one attached hydrogen (secondary N) is 1. The van der Waals surface area contributed by atoms with Crippen molar-refractivity contribution in [1.82, 2.24) is 9.97 Å². The number of nitrogen functional groups attached to an aromatic ring is 1. The molecule has 1 fully saturated rings. The van der Waals surface area contributed by atoms with Crippen LogP contribution in [0.1, 0.15) is 39.5 Å². The molecule has 0 bridgehead atoms. The van der Waals surface area contributed by atoms with Crippen LogP contribution in [0.15, 0.2) is 12.4 Å². The summed E-state index contributed by atoms with van der Waals surface area (Å²) >= 11 is 0. The fourth-order valence-electron chi connectivity index (χ4n) is 2.78. The molecular formula is C13H22N4. The monoisotopic (exact) mass is 234 g/mol. The third kappa shape index (κ3) is 3.08. The van der Waals surface area contributed by atoms with Crippen molar-refractivity contribution in [2.75, 3.05) is 11.1 Å². The predicted octanol–water partition coefficient (Wildman–Crippen LogP) is 2.69. The van der Waals surface area contributed by atoms with Gasteiger partial charge in [0, 0.05) is 6.04 Å². The van der Waals surface area contributed by atoms with Crippen molar-refractivity contribution in [1.29, 1.82) is 0 Å². The molecule has 0 radical (unpaired) electrons. The number of anilines is 2. The molecule has 3 N–H and O–H groups in total. The molecule has 0 saturated heterocycles. The first-order chi connectivity index (χ1) is 8.16. The number of nitrogens with zero attached hydrogens (tertiary/aromatic N) is 2. The molecule has 2 unspecified atom stereocenters. The summed E-state index contributed by atoms with van der Waals surface area (Å²) in [6.07, 6.45) is 8.51. The summed E-state index contributed by atoms with van der Waals surface area (Å²) in [5.41, 5.74) is 5.64. The molecule has 0 aliphatic heterocycles. The third-order valence-corrected chi connectivity index (χ3v) is 3.66. The highest BCUT2D eigenvalue weighted by molar-refractivity contribution is 5.39. The molecule has 1 aliphatic rings. The lowest BCUT2D eigenvalue weighted by atomic mass is 9.78. The van der Waals surface area contributed by atoms with E-state index in [0.717, 1.165) is 11.7 Å². The van der Waals surface area contributed by atoms with Crippen molar-refractivity contribution in [3.05, 3.63) is 12.4 Å². The van der Waals surface area contributed by atoms with Gasteiger partial charge in [-0.3, -0.25) is 4.98 Å². The minimum Gasteiger partial charge on any atom is -0.382 e. The van der Waals surface area contributed by atoms with E-state index in [0.29, 0.717) is 17.8 Å². The van der Waals surface area contributed by atoms with E-state index in [9.17, 15) is 0 Å². The minimum atomic E-state index is 0.479. The van der Waals surface area contributed by atoms with Crippen molar-refractivity contribution >= 4 is 11.6 Å². The van der Waals surface area contributed by atoms with Crippen molar-refractivity contribution in [3.8, 4) is 0 Å². The normalized spacial score (nSPS) is 24.9. The average Bonchev–Trinajstić information content (AvgIpc) is 2.29. The van der Waals surface area contributed by atoms with E-state index in [1.807, 2.05) is 0 Å². The van der Waals surface area contributed by atoms with Crippen LogP contribution < -0.4 is 11.1 Å². The molecule has 1 aliphatic carbocycles. The van der Waals surface area contributed by atoms with E-state index in [1.165, 1.54) is 25.7 Å². The molecule has 1 aromatic rings. The Hall–Kier alpha value is -1.32. The summed E-state index contributed by atoms with van der Waals surface area (Å²) in [5.74, 6) is 2.73. The van der Waals surface area contributed by atoms with Crippen LogP contribution >= 0.6 is 0 Å². The molecule has 4 nitrogen and oxygen atoms in total. The zero-order valence-corrected chi connectivity index (χ0v) is 10.7. The molecule has 0 amide bonds. The Balaban J connectivity index is 2.05. The second-order valence-electron chi connectivity index (χ2n) is 5.27. The summed E-state index contributed by atoms with van der Waals surface area (Å²) in [5, 5.41) is 3.50. The molecule has 1 saturated carbocycles. The van der Waals surface area contributed by atoms with Gasteiger partial charge in [0.1, 0.15) is 11.6 Å². The lowest BCUT2D eigenvalue weighted by Crippen LogP contribution is -2.35. The van der Waals surface area contributed by atoms with Crippen molar-refractivity contribution in [2.45, 2.75) is 45.6 Å². The van der Waals surface area contributed by atoms with Crippen LogP contribution in [0, 0.1) is 11.8 Å². The van der Waals surface area contributed by atoms with E-state index >= 15 is 0 Å². The molecule has 0 aromatic carbocycles. The quantitative estimate of drug-likeness (QED) is 0.844. The Morgan fingerprint density at radius 3 is 2.76 bits per heavy atom. The molecule has 2 atom stereocenters. The summed E-state index contributed by atoms with van der Waals surface area (Å²) in [7, 11) is 0. The van der Waals surface area contributed by atoms with Gasteiger partial charge in [0.05, 0.1) is 12.4 Å². The molecule has 17 heavy (non-hydrogen) atoms. The molecule has 4 heteroatoms. The van der Waals surface area contributed by atoms with Crippen molar-refractivity contribution < 1.29 is 0 Å². The van der Waals surface area contributed by atoms with Gasteiger partial charge in [0.25, 0.3) is 0 Å². The maximum Gasteiger partial charge on any atom is 0.147 e. The summed E-state index contributed by atoms with van der Waals surface area (Å²) in [4.78, 5) is 8.33. The lowest BCUT2D eigenvalue weighted by Gasteiger charge is -2.35. The fourth-order valence-corrected chi connectivity index (χ4v) is 2.78. The first-order valence-corrected chi connectivity index (χ1v) is 6.51. The van der Waals surface area contributed by atoms with Gasteiger partial charge < -0.3 is 11.1 Å². The molecule has 0 spiro atoms. The van der Waals surface area contributed by atoms with Crippen LogP contribution in [0.4, 0.5) is 11.6 Å². The Morgan fingerprint density at radius 1 is 1.29 bits per heavy atom. The maximum absolute atomic E-state index is 5.64. The minimum absolute atomic E-state index is 0.479. The highest BCUT2D eigenvalue weighted by atomic mass is 15.1. The standard InChI is InChI=1S/C13H22N4/c1-9(2)10-5-3-4-6-11(10)16-13-8-15-7-12(14)17-13/h7-11H,3-6H2,1-2H3,(H3,14,16,17). The second-order valence-corrected chi connectivity index (χ2v) is 5.27. The number of nitrogens with two attached hydrogens (primary N) is 1. The Labute approximate surface area is 103 Å². The Kier molecular flexibility index (Phi) is 3.82. The van der Waals surface area contributed by atoms with Gasteiger partial charge in [0.15, 0.2) is 0 Å². The van der Waals surface area contributed by atoms with E-state index in [2.05, 4.69) is 29.1 Å². The zero-order valence-electron chi connectivity index (χ0n) is 10.7. The topological polar surface area (TPSA) is 63.8 Å². The lowest BCUT2D eigenvalue weighted by molar-refractivity contribution is 0.253. The number of rotatable bonds is 3. The number of hydrogen-bond donors (Lipinski definition) is 2. The van der Waals surface area contributed by atoms with E-state index in [1.54, 1.807) is 12.4 Å². The largest absolute Gasteiger partial charge is 0.382 e. The summed E-state index contributed by atoms with van der Waals surface area (Å²) in [6, 6.07) is 0.514. The van der Waals surface area contributed by atoms with Gasteiger partial charge in [0.2, 0.25) is 0 Å². The number of aromatic nitrogens is 2. The number of hydrogen-bond acceptors (Lipinski definition) is 4. The predicted molar refractivity (Wildman–Crippen MR) is 70.7 cm³/mol. The van der Waals surface area contributed by atoms with Gasteiger partial charge in [-0.2, -0.15) is 0 Å². The second kappa shape index (κ2) is 5.34. The van der Waals surface area contributed by atoms with Crippen LogP contribution in [0.25, 0.3) is 0 Å². The van der Waals surface area contributed by atoms with Crippen LogP contribution in [-0.4, -0.2) is 16.0 Å². The van der Waals surface area contributed by atoms with Crippen molar-refractivity contribution in [3.63, 3.8) is 0 Å². The van der Waals surface area contributed by atoms with Gasteiger partial charge in [-0.1, -0.05) is 26.7 Å². The first kappa shape index (κ1) is 12.1. The summed E-state index contributed by atoms with van der Waals surface area (Å²) in [6.45, 7) is 4.60. The highest BCUT2D eigenvalue weighted by Crippen LogP contribution is 2.31. The first-order valence-electron chi connectivity index (χ1n) is 6.51. The van der Waals surface area contributed by atoms with E-state index in [-0.39, 0.29) is 0 Å². The van der Waals surface area contributed by atoms with Gasteiger partial charge >= 0.3 is 0 Å². The van der Waals surface area contributed by atoms with Crippen molar-refractivity contribution in [2.24, 2.45) is 11.8 Å². The van der Waals surface area contributed by atoms with E-state index in [4.69, 9.17) is 5.73 Å². The molecule has 1 aromatic heterocycles. The highest BCUT2D eigenvalue weighted by Gasteiger charge is 2.27. The maximum atomic E-state index is 5.64. The smallest absolute Gasteiger partial charge is 0.147 e. The molecule has 2 rings (SSSR count). The van der Waals surface area contributed by atoms with Gasteiger partial charge in [-0.25, -0.2) is 4.98 Å². The van der Waals surface area contributed by atoms with E-state index < -0.39 is 0 Å². The summed E-state index contributed by atoms with van der Waals surface area (Å²) < 4.78 is 0. The third-order valence-electron chi connectivity index (χ3n) is 3.66. The Bertz CT molecular complexity index is 364. The van der Waals surface area contributed by atoms with Crippen LogP contribution in [0.3, 0.4) is 0 Å². The average molecular weight is 234 g/mol. The van der Waals surface area contributed by atoms with Crippen LogP contribution in [0.5, 0.6) is 0 Å². The molecular weight excluding hydrogens is 212 g/mol. The zero-order chi connectivity index (χ0) is 12.3.